The zero-order valence-corrected chi connectivity index (χ0v) is 12.1. The molecule has 2 rings (SSSR count). The van der Waals surface area contributed by atoms with Gasteiger partial charge in [-0.15, -0.1) is 0 Å². The number of carbonyl (C=O) groups excluding carboxylic acids is 1. The van der Waals surface area contributed by atoms with Crippen molar-refractivity contribution in [2.24, 2.45) is 0 Å². The van der Waals surface area contributed by atoms with Gasteiger partial charge in [0.1, 0.15) is 5.75 Å². The third-order valence-electron chi connectivity index (χ3n) is 3.13. The first-order valence-corrected chi connectivity index (χ1v) is 6.67. The van der Waals surface area contributed by atoms with Crippen molar-refractivity contribution < 1.29 is 9.53 Å². The van der Waals surface area contributed by atoms with Crippen LogP contribution in [-0.2, 0) is 0 Å². The molecular weight excluding hydrogens is 250 g/mol. The number of anilines is 1. The van der Waals surface area contributed by atoms with Crippen molar-refractivity contribution in [2.45, 2.75) is 20.8 Å². The molecule has 0 bridgehead atoms. The van der Waals surface area contributed by atoms with Gasteiger partial charge in [0.25, 0.3) is 0 Å². The first kappa shape index (κ1) is 14.1. The molecule has 104 valence electrons. The number of nitrogens with two attached hydrogens (primary N) is 1. The van der Waals surface area contributed by atoms with Gasteiger partial charge in [0.2, 0.25) is 0 Å². The lowest BCUT2D eigenvalue weighted by molar-refractivity contribution is 0.103. The summed E-state index contributed by atoms with van der Waals surface area (Å²) in [6.45, 7) is 6.38. The van der Waals surface area contributed by atoms with Gasteiger partial charge in [0.05, 0.1) is 12.2 Å². The van der Waals surface area contributed by atoms with Crippen molar-refractivity contribution >= 4 is 11.5 Å². The zero-order valence-electron chi connectivity index (χ0n) is 12.1. The Balaban J connectivity index is 2.50. The minimum atomic E-state index is -0.0414. The number of nitrogen functional groups attached to an aromatic ring is 1. The zero-order chi connectivity index (χ0) is 14.7. The second kappa shape index (κ2) is 5.78. The molecule has 0 saturated carbocycles. The van der Waals surface area contributed by atoms with E-state index in [9.17, 15) is 4.79 Å². The number of aryl methyl sites for hydroxylation is 2. The molecule has 0 aliphatic heterocycles. The minimum absolute atomic E-state index is 0.0414. The topological polar surface area (TPSA) is 52.3 Å². The average molecular weight is 269 g/mol. The molecule has 3 heteroatoms. The van der Waals surface area contributed by atoms with E-state index in [2.05, 4.69) is 0 Å². The number of rotatable bonds is 4. The highest BCUT2D eigenvalue weighted by Gasteiger charge is 2.17. The third-order valence-corrected chi connectivity index (χ3v) is 3.13. The Labute approximate surface area is 119 Å². The highest BCUT2D eigenvalue weighted by atomic mass is 16.5. The van der Waals surface area contributed by atoms with Crippen LogP contribution < -0.4 is 10.5 Å². The van der Waals surface area contributed by atoms with E-state index in [1.165, 1.54) is 0 Å². The van der Waals surface area contributed by atoms with Crippen LogP contribution in [0.5, 0.6) is 5.75 Å². The van der Waals surface area contributed by atoms with E-state index in [1.54, 1.807) is 24.3 Å². The second-order valence-electron chi connectivity index (χ2n) is 4.84. The summed E-state index contributed by atoms with van der Waals surface area (Å²) in [5, 5.41) is 0. The van der Waals surface area contributed by atoms with Crippen molar-refractivity contribution in [1.29, 1.82) is 0 Å². The molecule has 0 heterocycles. The van der Waals surface area contributed by atoms with Gasteiger partial charge in [-0.1, -0.05) is 6.07 Å². The van der Waals surface area contributed by atoms with E-state index in [0.717, 1.165) is 11.1 Å². The Hall–Kier alpha value is -2.29. The molecule has 0 radical (unpaired) electrons. The summed E-state index contributed by atoms with van der Waals surface area (Å²) in [4.78, 5) is 12.6. The van der Waals surface area contributed by atoms with E-state index < -0.39 is 0 Å². The smallest absolute Gasteiger partial charge is 0.196 e. The maximum absolute atomic E-state index is 12.6. The van der Waals surface area contributed by atoms with E-state index in [4.69, 9.17) is 10.5 Å². The van der Waals surface area contributed by atoms with Crippen LogP contribution in [-0.4, -0.2) is 12.4 Å². The number of benzene rings is 2. The van der Waals surface area contributed by atoms with Crippen LogP contribution in [0.1, 0.15) is 34.0 Å². The fraction of sp³-hybridized carbons (Fsp3) is 0.235. The Morgan fingerprint density at radius 3 is 2.40 bits per heavy atom. The van der Waals surface area contributed by atoms with Crippen LogP contribution in [0.2, 0.25) is 0 Å². The fourth-order valence-corrected chi connectivity index (χ4v) is 2.25. The van der Waals surface area contributed by atoms with E-state index in [-0.39, 0.29) is 5.78 Å². The van der Waals surface area contributed by atoms with Gasteiger partial charge in [0.15, 0.2) is 5.78 Å². The van der Waals surface area contributed by atoms with Crippen molar-refractivity contribution in [3.8, 4) is 5.75 Å². The minimum Gasteiger partial charge on any atom is -0.493 e. The molecule has 0 aliphatic rings. The maximum Gasteiger partial charge on any atom is 0.196 e. The van der Waals surface area contributed by atoms with Gasteiger partial charge in [-0.3, -0.25) is 4.79 Å². The number of ether oxygens (including phenoxy) is 1. The Bertz CT molecular complexity index is 630. The van der Waals surface area contributed by atoms with Gasteiger partial charge in [-0.2, -0.15) is 0 Å². The van der Waals surface area contributed by atoms with Crippen LogP contribution in [0, 0.1) is 13.8 Å². The maximum atomic E-state index is 12.6. The molecule has 0 atom stereocenters. The standard InChI is InChI=1S/C17H19NO2/c1-4-20-17-12(3)9-11(2)10-15(17)16(19)13-5-7-14(18)8-6-13/h5-10H,4,18H2,1-3H3. The summed E-state index contributed by atoms with van der Waals surface area (Å²) in [7, 11) is 0. The summed E-state index contributed by atoms with van der Waals surface area (Å²) in [6, 6.07) is 10.8. The quantitative estimate of drug-likeness (QED) is 0.682. The van der Waals surface area contributed by atoms with E-state index in [0.29, 0.717) is 29.2 Å². The van der Waals surface area contributed by atoms with E-state index >= 15 is 0 Å². The fourth-order valence-electron chi connectivity index (χ4n) is 2.25. The van der Waals surface area contributed by atoms with Crippen molar-refractivity contribution in [3.63, 3.8) is 0 Å². The normalized spacial score (nSPS) is 10.3. The lowest BCUT2D eigenvalue weighted by Crippen LogP contribution is -2.07. The lowest BCUT2D eigenvalue weighted by atomic mass is 9.98. The molecule has 0 spiro atoms. The summed E-state index contributed by atoms with van der Waals surface area (Å²) >= 11 is 0. The molecule has 0 saturated heterocycles. The van der Waals surface area contributed by atoms with E-state index in [1.807, 2.05) is 32.9 Å². The van der Waals surface area contributed by atoms with Crippen molar-refractivity contribution in [2.75, 3.05) is 12.3 Å². The summed E-state index contributed by atoms with van der Waals surface area (Å²) in [6.07, 6.45) is 0. The van der Waals surface area contributed by atoms with Gasteiger partial charge in [-0.25, -0.2) is 0 Å². The molecule has 2 N–H and O–H groups in total. The molecule has 0 amide bonds. The van der Waals surface area contributed by atoms with Gasteiger partial charge < -0.3 is 10.5 Å². The molecule has 0 aromatic heterocycles. The highest BCUT2D eigenvalue weighted by molar-refractivity contribution is 6.11. The molecule has 2 aromatic carbocycles. The lowest BCUT2D eigenvalue weighted by Gasteiger charge is -2.13. The van der Waals surface area contributed by atoms with Crippen molar-refractivity contribution in [3.05, 3.63) is 58.7 Å². The summed E-state index contributed by atoms with van der Waals surface area (Å²) < 4.78 is 5.64. The van der Waals surface area contributed by atoms with Gasteiger partial charge in [0, 0.05) is 11.3 Å². The first-order valence-electron chi connectivity index (χ1n) is 6.67. The predicted octanol–water partition coefficient (Wildman–Crippen LogP) is 3.52. The van der Waals surface area contributed by atoms with Crippen LogP contribution in [0.25, 0.3) is 0 Å². The average Bonchev–Trinajstić information content (AvgIpc) is 2.41. The molecule has 3 nitrogen and oxygen atoms in total. The number of hydrogen-bond acceptors (Lipinski definition) is 3. The van der Waals surface area contributed by atoms with Gasteiger partial charge in [-0.05, 0) is 62.2 Å². The van der Waals surface area contributed by atoms with Crippen LogP contribution in [0.3, 0.4) is 0 Å². The molecule has 0 aliphatic carbocycles. The van der Waals surface area contributed by atoms with Crippen molar-refractivity contribution in [1.82, 2.24) is 0 Å². The number of hydrogen-bond donors (Lipinski definition) is 1. The molecule has 2 aromatic rings. The number of carbonyl (C=O) groups is 1. The monoisotopic (exact) mass is 269 g/mol. The van der Waals surface area contributed by atoms with Gasteiger partial charge >= 0.3 is 0 Å². The highest BCUT2D eigenvalue weighted by Crippen LogP contribution is 2.28. The SMILES string of the molecule is CCOc1c(C)cc(C)cc1C(=O)c1ccc(N)cc1. The molecule has 20 heavy (non-hydrogen) atoms. The Kier molecular flexibility index (Phi) is 4.08. The van der Waals surface area contributed by atoms with Crippen LogP contribution in [0.4, 0.5) is 5.69 Å². The predicted molar refractivity (Wildman–Crippen MR) is 81.4 cm³/mol. The summed E-state index contributed by atoms with van der Waals surface area (Å²) in [5.41, 5.74) is 9.55. The summed E-state index contributed by atoms with van der Waals surface area (Å²) in [5.74, 6) is 0.625. The van der Waals surface area contributed by atoms with Crippen LogP contribution >= 0.6 is 0 Å². The molecule has 0 fully saturated rings. The molecule has 0 unspecified atom stereocenters. The third kappa shape index (κ3) is 2.82. The number of ketones is 1. The Morgan fingerprint density at radius 1 is 1.15 bits per heavy atom. The second-order valence-corrected chi connectivity index (χ2v) is 4.84. The molecular formula is C17H19NO2. The first-order chi connectivity index (χ1) is 9.52. The Morgan fingerprint density at radius 2 is 1.80 bits per heavy atom. The van der Waals surface area contributed by atoms with Crippen LogP contribution in [0.15, 0.2) is 36.4 Å². The largest absolute Gasteiger partial charge is 0.493 e.